The van der Waals surface area contributed by atoms with E-state index in [0.717, 1.165) is 44.9 Å². The Morgan fingerprint density at radius 3 is 1.59 bits per heavy atom. The number of hydrogen-bond donors (Lipinski definition) is 1. The Balaban J connectivity index is 1.90. The van der Waals surface area contributed by atoms with Gasteiger partial charge in [-0.2, -0.15) is 0 Å². The minimum Gasteiger partial charge on any atom is -0.462 e. The summed E-state index contributed by atoms with van der Waals surface area (Å²) in [5, 5.41) is 9.56. The lowest BCUT2D eigenvalue weighted by Crippen LogP contribution is -2.28. The van der Waals surface area contributed by atoms with Crippen LogP contribution in [0.5, 0.6) is 0 Å². The summed E-state index contributed by atoms with van der Waals surface area (Å²) in [5.74, 6) is -0.657. The molecule has 6 nitrogen and oxygen atoms in total. The molecule has 3 atom stereocenters. The third kappa shape index (κ3) is 30.6. The number of aliphatic hydroxyl groups is 1. The van der Waals surface area contributed by atoms with Crippen molar-refractivity contribution in [3.05, 3.63) is 36.5 Å². The minimum atomic E-state index is -0.794. The summed E-state index contributed by atoms with van der Waals surface area (Å²) in [6.45, 7) is 4.06. The van der Waals surface area contributed by atoms with Gasteiger partial charge in [-0.1, -0.05) is 166 Å². The van der Waals surface area contributed by atoms with Gasteiger partial charge < -0.3 is 19.3 Å². The van der Waals surface area contributed by atoms with Crippen LogP contribution in [0.4, 0.5) is 0 Å². The van der Waals surface area contributed by atoms with E-state index in [9.17, 15) is 14.7 Å². The fraction of sp³-hybridized carbons (Fsp3) is 0.814. The molecule has 0 amide bonds. The van der Waals surface area contributed by atoms with E-state index in [1.54, 1.807) is 0 Å². The van der Waals surface area contributed by atoms with Gasteiger partial charge in [-0.05, 0) is 51.4 Å². The van der Waals surface area contributed by atoms with Crippen molar-refractivity contribution in [2.75, 3.05) is 13.2 Å². The molecule has 1 fully saturated rings. The number of aliphatic hydroxyl groups excluding tert-OH is 1. The molecule has 1 saturated heterocycles. The molecule has 2 unspecified atom stereocenters. The molecule has 49 heavy (non-hydrogen) atoms. The molecule has 0 aromatic rings. The normalized spacial score (nSPS) is 16.6. The second-order valence-corrected chi connectivity index (χ2v) is 14.1. The summed E-state index contributed by atoms with van der Waals surface area (Å²) < 4.78 is 16.3. The minimum absolute atomic E-state index is 0.0957. The topological polar surface area (TPSA) is 85.4 Å². The highest BCUT2D eigenvalue weighted by Gasteiger charge is 2.35. The molecule has 0 bridgehead atoms. The third-order valence-electron chi connectivity index (χ3n) is 9.34. The molecule has 1 rings (SSSR count). The fourth-order valence-electron chi connectivity index (χ4n) is 6.06. The first-order valence-electron chi connectivity index (χ1n) is 20.7. The summed E-state index contributed by atoms with van der Waals surface area (Å²) in [4.78, 5) is 24.3. The van der Waals surface area contributed by atoms with Gasteiger partial charge in [0.1, 0.15) is 6.61 Å². The lowest BCUT2D eigenvalue weighted by Gasteiger charge is -2.15. The van der Waals surface area contributed by atoms with Crippen molar-refractivity contribution in [3.8, 4) is 0 Å². The number of hydrogen-bond acceptors (Lipinski definition) is 6. The molecule has 1 N–H and O–H groups in total. The summed E-state index contributed by atoms with van der Waals surface area (Å²) in [7, 11) is 0. The SMILES string of the molecule is CCCCC/C=C\CC1OC1C/C=C\C/C=C\CCCC(=O)OC[C@H](CO)OC(=O)CCCCCCCCCCCCCCCCCCC. The monoisotopic (exact) mass is 689 g/mol. The van der Waals surface area contributed by atoms with Crippen LogP contribution in [0.1, 0.15) is 194 Å². The Kier molecular flexibility index (Phi) is 31.8. The molecule has 0 saturated carbocycles. The Labute approximate surface area is 301 Å². The van der Waals surface area contributed by atoms with Crippen molar-refractivity contribution in [1.29, 1.82) is 0 Å². The lowest BCUT2D eigenvalue weighted by molar-refractivity contribution is -0.161. The average Bonchev–Trinajstić information content (AvgIpc) is 3.86. The highest BCUT2D eigenvalue weighted by Crippen LogP contribution is 2.29. The Bertz CT molecular complexity index is 849. The van der Waals surface area contributed by atoms with Crippen LogP contribution in [-0.2, 0) is 23.8 Å². The van der Waals surface area contributed by atoms with E-state index in [-0.39, 0.29) is 25.2 Å². The van der Waals surface area contributed by atoms with E-state index in [0.29, 0.717) is 31.5 Å². The first kappa shape index (κ1) is 45.1. The van der Waals surface area contributed by atoms with E-state index in [4.69, 9.17) is 14.2 Å². The van der Waals surface area contributed by atoms with Gasteiger partial charge in [-0.3, -0.25) is 9.59 Å². The number of unbranched alkanes of at least 4 members (excludes halogenated alkanes) is 20. The van der Waals surface area contributed by atoms with Crippen LogP contribution >= 0.6 is 0 Å². The first-order chi connectivity index (χ1) is 24.1. The van der Waals surface area contributed by atoms with Crippen LogP contribution in [0.25, 0.3) is 0 Å². The zero-order valence-corrected chi connectivity index (χ0v) is 31.9. The van der Waals surface area contributed by atoms with E-state index in [1.165, 1.54) is 116 Å². The maximum atomic E-state index is 12.2. The van der Waals surface area contributed by atoms with E-state index in [2.05, 4.69) is 50.3 Å². The molecular weight excluding hydrogens is 612 g/mol. The quantitative estimate of drug-likeness (QED) is 0.0305. The van der Waals surface area contributed by atoms with Crippen LogP contribution < -0.4 is 0 Å². The van der Waals surface area contributed by atoms with Gasteiger partial charge in [0.05, 0.1) is 18.8 Å². The molecule has 0 radical (unpaired) electrons. The van der Waals surface area contributed by atoms with Crippen molar-refractivity contribution in [2.45, 2.75) is 212 Å². The number of esters is 2. The summed E-state index contributed by atoms with van der Waals surface area (Å²) in [6, 6.07) is 0. The molecule has 1 aliphatic rings. The van der Waals surface area contributed by atoms with Crippen molar-refractivity contribution < 1.29 is 28.9 Å². The zero-order chi connectivity index (χ0) is 35.5. The molecule has 284 valence electrons. The van der Waals surface area contributed by atoms with Gasteiger partial charge in [0.25, 0.3) is 0 Å². The molecule has 0 spiro atoms. The highest BCUT2D eigenvalue weighted by molar-refractivity contribution is 5.70. The lowest BCUT2D eigenvalue weighted by atomic mass is 10.0. The maximum Gasteiger partial charge on any atom is 0.306 e. The van der Waals surface area contributed by atoms with Crippen molar-refractivity contribution in [3.63, 3.8) is 0 Å². The van der Waals surface area contributed by atoms with Crippen molar-refractivity contribution in [1.82, 2.24) is 0 Å². The van der Waals surface area contributed by atoms with E-state index < -0.39 is 6.10 Å². The molecule has 0 aromatic heterocycles. The molecule has 1 heterocycles. The van der Waals surface area contributed by atoms with Crippen molar-refractivity contribution >= 4 is 11.9 Å². The standard InChI is InChI=1S/C43H76O6/c1-3-5-7-9-11-12-13-14-15-16-17-18-19-20-23-28-32-36-43(46)48-39(37-44)38-47-42(45)35-31-27-24-21-22-26-30-34-41-40(49-41)33-29-25-10-8-6-4-2/h21,24-26,29-30,39-41,44H,3-20,22-23,27-28,31-38H2,1-2H3/b24-21-,29-25-,30-26-/t39-,40?,41?/m0/s1. The second kappa shape index (κ2) is 34.5. The Morgan fingerprint density at radius 1 is 0.571 bits per heavy atom. The first-order valence-corrected chi connectivity index (χ1v) is 20.7. The largest absolute Gasteiger partial charge is 0.462 e. The van der Waals surface area contributed by atoms with Crippen LogP contribution in [0.3, 0.4) is 0 Å². The summed E-state index contributed by atoms with van der Waals surface area (Å²) in [5.41, 5.74) is 0. The average molecular weight is 689 g/mol. The van der Waals surface area contributed by atoms with E-state index in [1.807, 2.05) is 0 Å². The van der Waals surface area contributed by atoms with Crippen LogP contribution in [-0.4, -0.2) is 48.6 Å². The molecule has 1 aliphatic heterocycles. The number of carbonyl (C=O) groups excluding carboxylic acids is 2. The fourth-order valence-corrected chi connectivity index (χ4v) is 6.06. The smallest absolute Gasteiger partial charge is 0.306 e. The van der Waals surface area contributed by atoms with Gasteiger partial charge in [0, 0.05) is 12.8 Å². The Hall–Kier alpha value is -1.92. The van der Waals surface area contributed by atoms with E-state index >= 15 is 0 Å². The predicted octanol–water partition coefficient (Wildman–Crippen LogP) is 11.8. The third-order valence-corrected chi connectivity index (χ3v) is 9.34. The molecule has 0 aromatic carbocycles. The number of allylic oxidation sites excluding steroid dienone is 4. The van der Waals surface area contributed by atoms with Gasteiger partial charge in [0.15, 0.2) is 6.10 Å². The zero-order valence-electron chi connectivity index (χ0n) is 31.9. The number of epoxide rings is 1. The van der Waals surface area contributed by atoms with Gasteiger partial charge in [-0.25, -0.2) is 0 Å². The second-order valence-electron chi connectivity index (χ2n) is 14.1. The highest BCUT2D eigenvalue weighted by atomic mass is 16.6. The van der Waals surface area contributed by atoms with Gasteiger partial charge in [0.2, 0.25) is 0 Å². The number of carbonyl (C=O) groups is 2. The molecule has 6 heteroatoms. The van der Waals surface area contributed by atoms with Crippen molar-refractivity contribution in [2.24, 2.45) is 0 Å². The Morgan fingerprint density at radius 2 is 1.02 bits per heavy atom. The maximum absolute atomic E-state index is 12.2. The molecule has 0 aliphatic carbocycles. The number of rotatable bonds is 36. The van der Waals surface area contributed by atoms with Crippen LogP contribution in [0, 0.1) is 0 Å². The summed E-state index contributed by atoms with van der Waals surface area (Å²) in [6.07, 6.45) is 45.3. The van der Waals surface area contributed by atoms with Crippen LogP contribution in [0.2, 0.25) is 0 Å². The van der Waals surface area contributed by atoms with Gasteiger partial charge >= 0.3 is 11.9 Å². The predicted molar refractivity (Wildman–Crippen MR) is 205 cm³/mol. The molecular formula is C43H76O6. The number of ether oxygens (including phenoxy) is 3. The summed E-state index contributed by atoms with van der Waals surface area (Å²) >= 11 is 0. The van der Waals surface area contributed by atoms with Gasteiger partial charge in [-0.15, -0.1) is 0 Å². The van der Waals surface area contributed by atoms with Crippen LogP contribution in [0.15, 0.2) is 36.5 Å².